The van der Waals surface area contributed by atoms with E-state index in [1.165, 1.54) is 18.4 Å². The average Bonchev–Trinajstić information content (AvgIpc) is 3.03. The molecule has 0 radical (unpaired) electrons. The largest absolute Gasteiger partial charge is 0.342 e. The second-order valence-electron chi connectivity index (χ2n) is 6.00. The zero-order chi connectivity index (χ0) is 12.8. The highest BCUT2D eigenvalue weighted by Crippen LogP contribution is 2.47. The number of rotatable bonds is 4. The van der Waals surface area contributed by atoms with Crippen molar-refractivity contribution in [1.29, 1.82) is 0 Å². The standard InChI is InChI=1S/C15H21N3/c1-10(2)7-14-17-12-4-3-11(8-13(12)18-14)15(9-16)5-6-15/h3-4,8,10H,5-7,9,16H2,1-2H3,(H,17,18). The molecule has 1 saturated carbocycles. The van der Waals surface area contributed by atoms with Crippen LogP contribution >= 0.6 is 0 Å². The minimum absolute atomic E-state index is 0.261. The molecule has 0 spiro atoms. The lowest BCUT2D eigenvalue weighted by Crippen LogP contribution is -2.19. The molecule has 96 valence electrons. The van der Waals surface area contributed by atoms with Crippen LogP contribution in [0.3, 0.4) is 0 Å². The quantitative estimate of drug-likeness (QED) is 0.867. The fourth-order valence-corrected chi connectivity index (χ4v) is 2.64. The summed E-state index contributed by atoms with van der Waals surface area (Å²) in [5.41, 5.74) is 9.75. The number of imidazole rings is 1. The van der Waals surface area contributed by atoms with E-state index in [-0.39, 0.29) is 5.41 Å². The Hall–Kier alpha value is -1.35. The molecule has 3 heteroatoms. The van der Waals surface area contributed by atoms with Crippen LogP contribution in [0.2, 0.25) is 0 Å². The van der Waals surface area contributed by atoms with Gasteiger partial charge in [-0.3, -0.25) is 0 Å². The molecule has 1 aromatic heterocycles. The van der Waals surface area contributed by atoms with Gasteiger partial charge in [-0.15, -0.1) is 0 Å². The van der Waals surface area contributed by atoms with E-state index in [1.807, 2.05) is 0 Å². The minimum Gasteiger partial charge on any atom is -0.342 e. The van der Waals surface area contributed by atoms with Crippen molar-refractivity contribution in [2.75, 3.05) is 6.54 Å². The molecule has 0 amide bonds. The normalized spacial score (nSPS) is 17.6. The summed E-state index contributed by atoms with van der Waals surface area (Å²) in [5, 5.41) is 0. The Bertz CT molecular complexity index is 564. The predicted molar refractivity (Wildman–Crippen MR) is 74.6 cm³/mol. The van der Waals surface area contributed by atoms with Crippen molar-refractivity contribution in [1.82, 2.24) is 9.97 Å². The highest BCUT2D eigenvalue weighted by molar-refractivity contribution is 5.76. The molecule has 0 aliphatic heterocycles. The van der Waals surface area contributed by atoms with E-state index in [0.29, 0.717) is 5.92 Å². The first-order valence-corrected chi connectivity index (χ1v) is 6.82. The predicted octanol–water partition coefficient (Wildman–Crippen LogP) is 2.75. The SMILES string of the molecule is CC(C)Cc1nc2ccc(C3(CN)CC3)cc2[nH]1. The molecular formula is C15H21N3. The van der Waals surface area contributed by atoms with Gasteiger partial charge in [0, 0.05) is 18.4 Å². The summed E-state index contributed by atoms with van der Waals surface area (Å²) < 4.78 is 0. The molecule has 1 heterocycles. The van der Waals surface area contributed by atoms with Crippen molar-refractivity contribution in [3.8, 4) is 0 Å². The highest BCUT2D eigenvalue weighted by Gasteiger charge is 2.42. The Morgan fingerprint density at radius 2 is 2.17 bits per heavy atom. The summed E-state index contributed by atoms with van der Waals surface area (Å²) in [6.45, 7) is 5.18. The summed E-state index contributed by atoms with van der Waals surface area (Å²) in [4.78, 5) is 8.07. The number of benzene rings is 1. The van der Waals surface area contributed by atoms with Crippen LogP contribution in [0.4, 0.5) is 0 Å². The van der Waals surface area contributed by atoms with Gasteiger partial charge >= 0.3 is 0 Å². The Morgan fingerprint density at radius 3 is 2.78 bits per heavy atom. The number of H-pyrrole nitrogens is 1. The Morgan fingerprint density at radius 1 is 1.39 bits per heavy atom. The van der Waals surface area contributed by atoms with Crippen LogP contribution in [-0.2, 0) is 11.8 Å². The Kier molecular flexibility index (Phi) is 2.67. The summed E-state index contributed by atoms with van der Waals surface area (Å²) >= 11 is 0. The van der Waals surface area contributed by atoms with Crippen molar-refractivity contribution >= 4 is 11.0 Å². The molecule has 1 aromatic carbocycles. The molecule has 0 saturated heterocycles. The molecule has 0 bridgehead atoms. The molecule has 18 heavy (non-hydrogen) atoms. The van der Waals surface area contributed by atoms with Crippen molar-refractivity contribution in [3.63, 3.8) is 0 Å². The van der Waals surface area contributed by atoms with Crippen LogP contribution in [0.25, 0.3) is 11.0 Å². The van der Waals surface area contributed by atoms with Gasteiger partial charge in [0.1, 0.15) is 5.82 Å². The number of hydrogen-bond acceptors (Lipinski definition) is 2. The number of nitrogens with zero attached hydrogens (tertiary/aromatic N) is 1. The minimum atomic E-state index is 0.261. The first-order chi connectivity index (χ1) is 8.63. The van der Waals surface area contributed by atoms with Crippen molar-refractivity contribution in [2.45, 2.75) is 38.5 Å². The third kappa shape index (κ3) is 1.93. The fraction of sp³-hybridized carbons (Fsp3) is 0.533. The van der Waals surface area contributed by atoms with Crippen LogP contribution < -0.4 is 5.73 Å². The summed E-state index contributed by atoms with van der Waals surface area (Å²) in [5.74, 6) is 1.72. The smallest absolute Gasteiger partial charge is 0.107 e. The van der Waals surface area contributed by atoms with Gasteiger partial charge in [-0.05, 0) is 36.5 Å². The maximum absolute atomic E-state index is 5.89. The molecule has 1 aliphatic rings. The van der Waals surface area contributed by atoms with Gasteiger partial charge in [0.2, 0.25) is 0 Å². The van der Waals surface area contributed by atoms with E-state index in [4.69, 9.17) is 5.73 Å². The molecule has 1 aliphatic carbocycles. The number of aromatic nitrogens is 2. The maximum atomic E-state index is 5.89. The van der Waals surface area contributed by atoms with Crippen LogP contribution in [0.15, 0.2) is 18.2 Å². The number of nitrogens with one attached hydrogen (secondary N) is 1. The fourth-order valence-electron chi connectivity index (χ4n) is 2.64. The first-order valence-electron chi connectivity index (χ1n) is 6.82. The van der Waals surface area contributed by atoms with E-state index in [2.05, 4.69) is 42.0 Å². The summed E-state index contributed by atoms with van der Waals surface area (Å²) in [7, 11) is 0. The van der Waals surface area contributed by atoms with Gasteiger partial charge in [0.25, 0.3) is 0 Å². The van der Waals surface area contributed by atoms with Gasteiger partial charge < -0.3 is 10.7 Å². The third-order valence-electron chi connectivity index (χ3n) is 3.99. The Balaban J connectivity index is 1.97. The van der Waals surface area contributed by atoms with Crippen LogP contribution in [-0.4, -0.2) is 16.5 Å². The van der Waals surface area contributed by atoms with Gasteiger partial charge in [0.15, 0.2) is 0 Å². The van der Waals surface area contributed by atoms with E-state index in [0.717, 1.165) is 29.8 Å². The number of hydrogen-bond donors (Lipinski definition) is 2. The number of nitrogens with two attached hydrogens (primary N) is 1. The molecular weight excluding hydrogens is 222 g/mol. The second-order valence-corrected chi connectivity index (χ2v) is 6.00. The molecule has 2 aromatic rings. The number of aromatic amines is 1. The molecule has 3 N–H and O–H groups in total. The van der Waals surface area contributed by atoms with Gasteiger partial charge in [-0.1, -0.05) is 19.9 Å². The number of fused-ring (bicyclic) bond motifs is 1. The van der Waals surface area contributed by atoms with Crippen molar-refractivity contribution in [3.05, 3.63) is 29.6 Å². The summed E-state index contributed by atoms with van der Waals surface area (Å²) in [6, 6.07) is 6.56. The topological polar surface area (TPSA) is 54.7 Å². The monoisotopic (exact) mass is 243 g/mol. The van der Waals surface area contributed by atoms with Gasteiger partial charge in [0.05, 0.1) is 11.0 Å². The van der Waals surface area contributed by atoms with E-state index >= 15 is 0 Å². The maximum Gasteiger partial charge on any atom is 0.107 e. The van der Waals surface area contributed by atoms with E-state index in [9.17, 15) is 0 Å². The first kappa shape index (κ1) is 11.7. The zero-order valence-corrected chi connectivity index (χ0v) is 11.2. The molecule has 0 atom stereocenters. The van der Waals surface area contributed by atoms with Gasteiger partial charge in [-0.2, -0.15) is 0 Å². The zero-order valence-electron chi connectivity index (χ0n) is 11.2. The van der Waals surface area contributed by atoms with E-state index < -0.39 is 0 Å². The molecule has 3 nitrogen and oxygen atoms in total. The van der Waals surface area contributed by atoms with Crippen molar-refractivity contribution in [2.24, 2.45) is 11.7 Å². The summed E-state index contributed by atoms with van der Waals surface area (Å²) in [6.07, 6.45) is 3.45. The molecule has 3 rings (SSSR count). The molecule has 0 unspecified atom stereocenters. The molecule has 1 fully saturated rings. The lowest BCUT2D eigenvalue weighted by molar-refractivity contribution is 0.627. The van der Waals surface area contributed by atoms with Crippen LogP contribution in [0, 0.1) is 5.92 Å². The second kappa shape index (κ2) is 4.09. The lowest BCUT2D eigenvalue weighted by atomic mass is 9.96. The Labute approximate surface area is 108 Å². The third-order valence-corrected chi connectivity index (χ3v) is 3.99. The lowest BCUT2D eigenvalue weighted by Gasteiger charge is -2.12. The van der Waals surface area contributed by atoms with Crippen molar-refractivity contribution < 1.29 is 0 Å². The van der Waals surface area contributed by atoms with E-state index in [1.54, 1.807) is 0 Å². The average molecular weight is 243 g/mol. The van der Waals surface area contributed by atoms with Crippen LogP contribution in [0.5, 0.6) is 0 Å². The van der Waals surface area contributed by atoms with Gasteiger partial charge in [-0.25, -0.2) is 4.98 Å². The van der Waals surface area contributed by atoms with Crippen LogP contribution in [0.1, 0.15) is 38.1 Å². The highest BCUT2D eigenvalue weighted by atomic mass is 14.9.